The summed E-state index contributed by atoms with van der Waals surface area (Å²) in [6.45, 7) is 4.81. The summed E-state index contributed by atoms with van der Waals surface area (Å²) in [5.41, 5.74) is 3.38. The van der Waals surface area contributed by atoms with Crippen LogP contribution in [-0.2, 0) is 19.6 Å². The van der Waals surface area contributed by atoms with E-state index in [1.165, 1.54) is 11.1 Å². The molecule has 3 rings (SSSR count). The molecular formula is C22H29N7. The summed E-state index contributed by atoms with van der Waals surface area (Å²) in [5.74, 6) is 1.72. The van der Waals surface area contributed by atoms with Crippen LogP contribution in [0.25, 0.3) is 0 Å². The van der Waals surface area contributed by atoms with Crippen LogP contribution in [0, 0.1) is 0 Å². The molecule has 0 unspecified atom stereocenters. The summed E-state index contributed by atoms with van der Waals surface area (Å²) in [6.07, 6.45) is 3.77. The van der Waals surface area contributed by atoms with E-state index in [9.17, 15) is 0 Å². The van der Waals surface area contributed by atoms with Crippen LogP contribution in [0.4, 0.5) is 5.82 Å². The topological polar surface area (TPSA) is 70.4 Å². The first-order chi connectivity index (χ1) is 14.2. The molecule has 0 fully saturated rings. The van der Waals surface area contributed by atoms with E-state index in [1.807, 2.05) is 54.1 Å². The Hall–Kier alpha value is -3.35. The minimum absolute atomic E-state index is 0.595. The molecule has 0 amide bonds. The van der Waals surface area contributed by atoms with Gasteiger partial charge in [0.15, 0.2) is 5.96 Å². The fourth-order valence-corrected chi connectivity index (χ4v) is 2.93. The lowest BCUT2D eigenvalue weighted by Crippen LogP contribution is -2.37. The van der Waals surface area contributed by atoms with Gasteiger partial charge in [-0.15, -0.1) is 0 Å². The number of benzene rings is 1. The van der Waals surface area contributed by atoms with Crippen molar-refractivity contribution in [2.75, 3.05) is 25.5 Å². The second-order valence-corrected chi connectivity index (χ2v) is 6.90. The largest absolute Gasteiger partial charge is 0.363 e. The van der Waals surface area contributed by atoms with Crippen molar-refractivity contribution in [3.8, 4) is 0 Å². The lowest BCUT2D eigenvalue weighted by atomic mass is 10.1. The minimum atomic E-state index is 0.595. The number of rotatable bonds is 8. The first kappa shape index (κ1) is 20.4. The molecule has 0 radical (unpaired) electrons. The van der Waals surface area contributed by atoms with Crippen molar-refractivity contribution in [1.82, 2.24) is 25.4 Å². The summed E-state index contributed by atoms with van der Waals surface area (Å²) in [7, 11) is 3.98. The van der Waals surface area contributed by atoms with Gasteiger partial charge in [0.05, 0.1) is 25.3 Å². The average Bonchev–Trinajstić information content (AvgIpc) is 3.24. The molecule has 2 heterocycles. The highest BCUT2D eigenvalue weighted by molar-refractivity contribution is 5.79. The molecule has 7 heteroatoms. The number of hydrogen-bond acceptors (Lipinski definition) is 4. The van der Waals surface area contributed by atoms with Gasteiger partial charge in [0.25, 0.3) is 0 Å². The van der Waals surface area contributed by atoms with Gasteiger partial charge in [0.1, 0.15) is 5.82 Å². The number of aliphatic imine (C=N–C) groups is 1. The molecule has 0 aliphatic rings. The number of guanidine groups is 1. The van der Waals surface area contributed by atoms with E-state index < -0.39 is 0 Å². The molecule has 0 atom stereocenters. The molecule has 152 valence electrons. The number of nitrogens with zero attached hydrogens (tertiary/aromatic N) is 5. The smallest absolute Gasteiger partial charge is 0.191 e. The number of pyridine rings is 1. The van der Waals surface area contributed by atoms with Gasteiger partial charge in [0.2, 0.25) is 0 Å². The van der Waals surface area contributed by atoms with E-state index in [4.69, 9.17) is 4.99 Å². The Morgan fingerprint density at radius 1 is 1.03 bits per heavy atom. The normalized spacial score (nSPS) is 11.3. The molecule has 0 spiro atoms. The van der Waals surface area contributed by atoms with E-state index in [2.05, 4.69) is 51.9 Å². The average molecular weight is 392 g/mol. The van der Waals surface area contributed by atoms with Gasteiger partial charge < -0.3 is 15.5 Å². The molecule has 0 bridgehead atoms. The Morgan fingerprint density at radius 2 is 1.86 bits per heavy atom. The number of nitrogens with one attached hydrogen (secondary N) is 2. The number of hydrogen-bond donors (Lipinski definition) is 2. The van der Waals surface area contributed by atoms with Gasteiger partial charge >= 0.3 is 0 Å². The van der Waals surface area contributed by atoms with Crippen LogP contribution in [0.15, 0.2) is 65.9 Å². The maximum atomic E-state index is 4.77. The SMILES string of the molecule is CCNC(=NCc1ccccc1Cn1cccn1)NCc1cccc(N(C)C)n1. The summed E-state index contributed by atoms with van der Waals surface area (Å²) in [6, 6.07) is 16.3. The third kappa shape index (κ3) is 6.07. The Bertz CT molecular complexity index is 916. The molecule has 2 N–H and O–H groups in total. The maximum absolute atomic E-state index is 4.77. The van der Waals surface area contributed by atoms with Crippen molar-refractivity contribution < 1.29 is 0 Å². The monoisotopic (exact) mass is 391 g/mol. The highest BCUT2D eigenvalue weighted by atomic mass is 15.3. The van der Waals surface area contributed by atoms with Gasteiger partial charge in [0, 0.05) is 33.0 Å². The van der Waals surface area contributed by atoms with Crippen molar-refractivity contribution >= 4 is 11.8 Å². The number of aromatic nitrogens is 3. The molecular weight excluding hydrogens is 362 g/mol. The van der Waals surface area contributed by atoms with Gasteiger partial charge in [-0.25, -0.2) is 9.98 Å². The summed E-state index contributed by atoms with van der Waals surface area (Å²) >= 11 is 0. The van der Waals surface area contributed by atoms with Gasteiger partial charge in [-0.05, 0) is 36.2 Å². The fourth-order valence-electron chi connectivity index (χ4n) is 2.93. The van der Waals surface area contributed by atoms with Crippen LogP contribution in [0.5, 0.6) is 0 Å². The first-order valence-electron chi connectivity index (χ1n) is 9.85. The summed E-state index contributed by atoms with van der Waals surface area (Å²) in [5, 5.41) is 11.0. The summed E-state index contributed by atoms with van der Waals surface area (Å²) < 4.78 is 1.93. The molecule has 0 aliphatic carbocycles. The van der Waals surface area contributed by atoms with E-state index in [0.29, 0.717) is 13.1 Å². The van der Waals surface area contributed by atoms with Crippen LogP contribution < -0.4 is 15.5 Å². The lowest BCUT2D eigenvalue weighted by molar-refractivity contribution is 0.680. The third-order valence-electron chi connectivity index (χ3n) is 4.45. The molecule has 0 saturated carbocycles. The van der Waals surface area contributed by atoms with Crippen molar-refractivity contribution in [2.24, 2.45) is 4.99 Å². The summed E-state index contributed by atoms with van der Waals surface area (Å²) in [4.78, 5) is 11.4. The van der Waals surface area contributed by atoms with Crippen molar-refractivity contribution in [1.29, 1.82) is 0 Å². The molecule has 29 heavy (non-hydrogen) atoms. The van der Waals surface area contributed by atoms with E-state index in [1.54, 1.807) is 6.20 Å². The van der Waals surface area contributed by atoms with Crippen molar-refractivity contribution in [3.63, 3.8) is 0 Å². The van der Waals surface area contributed by atoms with E-state index in [0.717, 1.165) is 30.6 Å². The van der Waals surface area contributed by atoms with Crippen LogP contribution in [0.2, 0.25) is 0 Å². The molecule has 7 nitrogen and oxygen atoms in total. The highest BCUT2D eigenvalue weighted by Gasteiger charge is 2.05. The van der Waals surface area contributed by atoms with Crippen molar-refractivity contribution in [2.45, 2.75) is 26.6 Å². The molecule has 0 aliphatic heterocycles. The van der Waals surface area contributed by atoms with Crippen LogP contribution in [-0.4, -0.2) is 41.4 Å². The third-order valence-corrected chi connectivity index (χ3v) is 4.45. The standard InChI is InChI=1S/C22H29N7/c1-4-23-22(25-16-20-11-7-12-21(27-20)28(2)3)24-15-18-9-5-6-10-19(18)17-29-14-8-13-26-29/h5-14H,4,15-17H2,1-3H3,(H2,23,24,25). The zero-order chi connectivity index (χ0) is 20.5. The van der Waals surface area contributed by atoms with Crippen LogP contribution in [0.3, 0.4) is 0 Å². The molecule has 2 aromatic heterocycles. The zero-order valence-corrected chi connectivity index (χ0v) is 17.3. The zero-order valence-electron chi connectivity index (χ0n) is 17.3. The predicted octanol–water partition coefficient (Wildman–Crippen LogP) is 2.65. The molecule has 1 aromatic carbocycles. The van der Waals surface area contributed by atoms with Gasteiger partial charge in [-0.3, -0.25) is 4.68 Å². The Kier molecular flexibility index (Phi) is 7.22. The minimum Gasteiger partial charge on any atom is -0.363 e. The van der Waals surface area contributed by atoms with Crippen molar-refractivity contribution in [3.05, 3.63) is 77.7 Å². The Balaban J connectivity index is 1.67. The van der Waals surface area contributed by atoms with E-state index in [-0.39, 0.29) is 0 Å². The van der Waals surface area contributed by atoms with Crippen LogP contribution >= 0.6 is 0 Å². The van der Waals surface area contributed by atoms with E-state index >= 15 is 0 Å². The molecule has 3 aromatic rings. The maximum Gasteiger partial charge on any atom is 0.191 e. The first-order valence-corrected chi connectivity index (χ1v) is 9.85. The Morgan fingerprint density at radius 3 is 2.59 bits per heavy atom. The van der Waals surface area contributed by atoms with Gasteiger partial charge in [-0.2, -0.15) is 5.10 Å². The molecule has 0 saturated heterocycles. The fraction of sp³-hybridized carbons (Fsp3) is 0.318. The van der Waals surface area contributed by atoms with Gasteiger partial charge in [-0.1, -0.05) is 30.3 Å². The lowest BCUT2D eigenvalue weighted by Gasteiger charge is -2.14. The Labute approximate surface area is 172 Å². The second kappa shape index (κ2) is 10.3. The highest BCUT2D eigenvalue weighted by Crippen LogP contribution is 2.12. The number of anilines is 1. The quantitative estimate of drug-likeness (QED) is 0.456. The second-order valence-electron chi connectivity index (χ2n) is 6.90. The van der Waals surface area contributed by atoms with Crippen LogP contribution in [0.1, 0.15) is 23.7 Å². The predicted molar refractivity (Wildman–Crippen MR) is 118 cm³/mol.